The molecule has 0 radical (unpaired) electrons. The van der Waals surface area contributed by atoms with Gasteiger partial charge in [-0.1, -0.05) is 0 Å². The highest BCUT2D eigenvalue weighted by atomic mass is 16.1. The summed E-state index contributed by atoms with van der Waals surface area (Å²) in [6.07, 6.45) is 4.10. The Bertz CT molecular complexity index is 232. The Kier molecular flexibility index (Phi) is 3.59. The minimum Gasteiger partial charge on any atom is -0.356 e. The molecule has 0 aromatic carbocycles. The minimum absolute atomic E-state index is 0.205. The SMILES string of the molecule is CN1CCC(NC2CCCNC(=O)C2)C1. The second-order valence-electron chi connectivity index (χ2n) is 4.81. The van der Waals surface area contributed by atoms with E-state index in [1.54, 1.807) is 0 Å². The van der Waals surface area contributed by atoms with Gasteiger partial charge in [-0.05, 0) is 32.9 Å². The maximum Gasteiger partial charge on any atom is 0.221 e. The van der Waals surface area contributed by atoms with E-state index in [4.69, 9.17) is 0 Å². The van der Waals surface area contributed by atoms with Crippen molar-refractivity contribution in [3.8, 4) is 0 Å². The summed E-state index contributed by atoms with van der Waals surface area (Å²) in [6.45, 7) is 3.15. The molecule has 2 fully saturated rings. The molecular weight excluding hydrogens is 190 g/mol. The molecule has 86 valence electrons. The fourth-order valence-electron chi connectivity index (χ4n) is 2.52. The van der Waals surface area contributed by atoms with Crippen LogP contribution in [0.4, 0.5) is 0 Å². The van der Waals surface area contributed by atoms with Gasteiger partial charge in [-0.15, -0.1) is 0 Å². The molecular formula is C11H21N3O. The van der Waals surface area contributed by atoms with Crippen LogP contribution < -0.4 is 10.6 Å². The van der Waals surface area contributed by atoms with E-state index in [0.717, 1.165) is 25.9 Å². The first-order valence-corrected chi connectivity index (χ1v) is 5.95. The minimum atomic E-state index is 0.205. The van der Waals surface area contributed by atoms with Crippen molar-refractivity contribution in [2.45, 2.75) is 37.8 Å². The molecule has 0 aliphatic carbocycles. The van der Waals surface area contributed by atoms with Gasteiger partial charge < -0.3 is 15.5 Å². The number of hydrogen-bond donors (Lipinski definition) is 2. The van der Waals surface area contributed by atoms with Gasteiger partial charge in [-0.25, -0.2) is 0 Å². The van der Waals surface area contributed by atoms with Crippen molar-refractivity contribution in [3.63, 3.8) is 0 Å². The van der Waals surface area contributed by atoms with Gasteiger partial charge in [0.15, 0.2) is 0 Å². The van der Waals surface area contributed by atoms with Crippen molar-refractivity contribution < 1.29 is 4.79 Å². The lowest BCUT2D eigenvalue weighted by molar-refractivity contribution is -0.121. The number of carbonyl (C=O) groups excluding carboxylic acids is 1. The van der Waals surface area contributed by atoms with E-state index < -0.39 is 0 Å². The van der Waals surface area contributed by atoms with Crippen LogP contribution in [-0.2, 0) is 4.79 Å². The van der Waals surface area contributed by atoms with Crippen LogP contribution in [0.1, 0.15) is 25.7 Å². The van der Waals surface area contributed by atoms with Crippen molar-refractivity contribution >= 4 is 5.91 Å². The maximum absolute atomic E-state index is 11.4. The molecule has 0 bridgehead atoms. The number of amides is 1. The van der Waals surface area contributed by atoms with Crippen molar-refractivity contribution in [2.24, 2.45) is 0 Å². The normalized spacial score (nSPS) is 33.8. The van der Waals surface area contributed by atoms with E-state index in [1.807, 2.05) is 0 Å². The topological polar surface area (TPSA) is 44.4 Å². The molecule has 2 aliphatic rings. The van der Waals surface area contributed by atoms with Gasteiger partial charge in [0.05, 0.1) is 0 Å². The molecule has 4 heteroatoms. The molecule has 0 aromatic rings. The molecule has 1 amide bonds. The highest BCUT2D eigenvalue weighted by Crippen LogP contribution is 2.12. The van der Waals surface area contributed by atoms with Gasteiger partial charge in [-0.2, -0.15) is 0 Å². The van der Waals surface area contributed by atoms with Crippen molar-refractivity contribution in [1.82, 2.24) is 15.5 Å². The average molecular weight is 211 g/mol. The lowest BCUT2D eigenvalue weighted by Crippen LogP contribution is -2.41. The molecule has 2 saturated heterocycles. The highest BCUT2D eigenvalue weighted by Gasteiger charge is 2.24. The summed E-state index contributed by atoms with van der Waals surface area (Å²) in [5.74, 6) is 0.205. The fourth-order valence-corrected chi connectivity index (χ4v) is 2.52. The standard InChI is InChI=1S/C11H21N3O/c1-14-6-4-10(8-14)13-9-3-2-5-12-11(15)7-9/h9-10,13H,2-8H2,1H3,(H,12,15). The summed E-state index contributed by atoms with van der Waals surface area (Å²) in [4.78, 5) is 13.7. The third-order valence-corrected chi connectivity index (χ3v) is 3.35. The van der Waals surface area contributed by atoms with Crippen LogP contribution in [0.2, 0.25) is 0 Å². The Morgan fingerprint density at radius 1 is 1.40 bits per heavy atom. The second-order valence-corrected chi connectivity index (χ2v) is 4.81. The fraction of sp³-hybridized carbons (Fsp3) is 0.909. The van der Waals surface area contributed by atoms with Gasteiger partial charge in [-0.3, -0.25) is 4.79 Å². The molecule has 0 saturated carbocycles. The zero-order chi connectivity index (χ0) is 10.7. The summed E-state index contributed by atoms with van der Waals surface area (Å²) in [5.41, 5.74) is 0. The van der Waals surface area contributed by atoms with Crippen LogP contribution in [0.25, 0.3) is 0 Å². The zero-order valence-corrected chi connectivity index (χ0v) is 9.46. The maximum atomic E-state index is 11.4. The van der Waals surface area contributed by atoms with E-state index >= 15 is 0 Å². The third kappa shape index (κ3) is 3.18. The molecule has 0 aromatic heterocycles. The number of hydrogen-bond acceptors (Lipinski definition) is 3. The van der Waals surface area contributed by atoms with Crippen LogP contribution in [0.5, 0.6) is 0 Å². The molecule has 4 nitrogen and oxygen atoms in total. The quantitative estimate of drug-likeness (QED) is 0.673. The van der Waals surface area contributed by atoms with Gasteiger partial charge in [0.25, 0.3) is 0 Å². The van der Waals surface area contributed by atoms with Gasteiger partial charge in [0, 0.05) is 31.6 Å². The second kappa shape index (κ2) is 4.94. The van der Waals surface area contributed by atoms with Crippen molar-refractivity contribution in [2.75, 3.05) is 26.7 Å². The van der Waals surface area contributed by atoms with Gasteiger partial charge in [0.2, 0.25) is 5.91 Å². The summed E-state index contributed by atoms with van der Waals surface area (Å²) in [6, 6.07) is 0.981. The Balaban J connectivity index is 1.79. The van der Waals surface area contributed by atoms with E-state index in [2.05, 4.69) is 22.6 Å². The Labute approximate surface area is 91.4 Å². The Morgan fingerprint density at radius 2 is 2.27 bits per heavy atom. The monoisotopic (exact) mass is 211 g/mol. The van der Waals surface area contributed by atoms with E-state index in [-0.39, 0.29) is 5.91 Å². The predicted molar refractivity (Wildman–Crippen MR) is 59.7 cm³/mol. The molecule has 15 heavy (non-hydrogen) atoms. The third-order valence-electron chi connectivity index (χ3n) is 3.35. The first-order chi connectivity index (χ1) is 7.24. The zero-order valence-electron chi connectivity index (χ0n) is 9.46. The Morgan fingerprint density at radius 3 is 3.00 bits per heavy atom. The van der Waals surface area contributed by atoms with E-state index in [9.17, 15) is 4.79 Å². The summed E-state index contributed by atoms with van der Waals surface area (Å²) < 4.78 is 0. The lowest BCUT2D eigenvalue weighted by atomic mass is 10.1. The molecule has 2 heterocycles. The molecule has 0 spiro atoms. The van der Waals surface area contributed by atoms with Gasteiger partial charge >= 0.3 is 0 Å². The average Bonchev–Trinajstić information content (AvgIpc) is 2.46. The van der Waals surface area contributed by atoms with Crippen LogP contribution >= 0.6 is 0 Å². The number of rotatable bonds is 2. The van der Waals surface area contributed by atoms with Crippen LogP contribution in [0.15, 0.2) is 0 Å². The number of likely N-dealkylation sites (tertiary alicyclic amines) is 1. The van der Waals surface area contributed by atoms with Crippen LogP contribution in [0, 0.1) is 0 Å². The summed E-state index contributed by atoms with van der Waals surface area (Å²) in [5, 5.41) is 6.53. The lowest BCUT2D eigenvalue weighted by Gasteiger charge is -2.20. The predicted octanol–water partition coefficient (Wildman–Crippen LogP) is -0.0512. The van der Waals surface area contributed by atoms with Crippen molar-refractivity contribution in [3.05, 3.63) is 0 Å². The summed E-state index contributed by atoms with van der Waals surface area (Å²) in [7, 11) is 2.15. The number of likely N-dealkylation sites (N-methyl/N-ethyl adjacent to an activating group) is 1. The summed E-state index contributed by atoms with van der Waals surface area (Å²) >= 11 is 0. The molecule has 2 N–H and O–H groups in total. The number of nitrogens with zero attached hydrogens (tertiary/aromatic N) is 1. The van der Waals surface area contributed by atoms with Crippen molar-refractivity contribution in [1.29, 1.82) is 0 Å². The van der Waals surface area contributed by atoms with Crippen LogP contribution in [0.3, 0.4) is 0 Å². The van der Waals surface area contributed by atoms with E-state index in [0.29, 0.717) is 18.5 Å². The number of nitrogens with one attached hydrogen (secondary N) is 2. The Hall–Kier alpha value is -0.610. The van der Waals surface area contributed by atoms with Gasteiger partial charge in [0.1, 0.15) is 0 Å². The number of carbonyl (C=O) groups is 1. The smallest absolute Gasteiger partial charge is 0.221 e. The molecule has 2 atom stereocenters. The largest absolute Gasteiger partial charge is 0.356 e. The molecule has 2 aliphatic heterocycles. The first-order valence-electron chi connectivity index (χ1n) is 5.95. The molecule has 2 rings (SSSR count). The highest BCUT2D eigenvalue weighted by molar-refractivity contribution is 5.76. The molecule has 2 unspecified atom stereocenters. The van der Waals surface area contributed by atoms with Crippen LogP contribution in [-0.4, -0.2) is 49.6 Å². The van der Waals surface area contributed by atoms with E-state index in [1.165, 1.54) is 13.0 Å². The first kappa shape index (κ1) is 10.9.